The zero-order valence-electron chi connectivity index (χ0n) is 9.21. The Labute approximate surface area is 91.1 Å². The summed E-state index contributed by atoms with van der Waals surface area (Å²) in [6, 6.07) is 6.89. The molecule has 0 bridgehead atoms. The lowest BCUT2D eigenvalue weighted by Gasteiger charge is -2.10. The average Bonchev–Trinajstić information content (AvgIpc) is 2.19. The second-order valence-electron chi connectivity index (χ2n) is 3.75. The van der Waals surface area contributed by atoms with Crippen LogP contribution in [0.5, 0.6) is 0 Å². The lowest BCUT2D eigenvalue weighted by atomic mass is 10.2. The third-order valence-electron chi connectivity index (χ3n) is 2.32. The van der Waals surface area contributed by atoms with Crippen LogP contribution in [0, 0.1) is 13.8 Å². The fourth-order valence-electron chi connectivity index (χ4n) is 1.18. The van der Waals surface area contributed by atoms with Crippen molar-refractivity contribution in [1.82, 2.24) is 0 Å². The van der Waals surface area contributed by atoms with Crippen molar-refractivity contribution in [1.29, 1.82) is 0 Å². The molecule has 2 heteroatoms. The largest absolute Gasteiger partial charge is 0.327 e. The van der Waals surface area contributed by atoms with Crippen LogP contribution in [0.2, 0.25) is 0 Å². The molecule has 0 aliphatic carbocycles. The Kier molecular flexibility index (Phi) is 4.49. The first-order chi connectivity index (χ1) is 6.63. The van der Waals surface area contributed by atoms with E-state index in [1.807, 2.05) is 11.8 Å². The van der Waals surface area contributed by atoms with Gasteiger partial charge in [0.2, 0.25) is 0 Å². The van der Waals surface area contributed by atoms with E-state index in [0.717, 1.165) is 12.2 Å². The zero-order valence-corrected chi connectivity index (χ0v) is 10.0. The predicted molar refractivity (Wildman–Crippen MR) is 64.9 cm³/mol. The molecular weight excluding hydrogens is 190 g/mol. The predicted octanol–water partition coefficient (Wildman–Crippen LogP) is 3.13. The molecule has 1 rings (SSSR count). The van der Waals surface area contributed by atoms with E-state index >= 15 is 0 Å². The van der Waals surface area contributed by atoms with Gasteiger partial charge in [0.05, 0.1) is 0 Å². The second-order valence-corrected chi connectivity index (χ2v) is 4.81. The van der Waals surface area contributed by atoms with Gasteiger partial charge in [-0.05, 0) is 31.9 Å². The van der Waals surface area contributed by atoms with Gasteiger partial charge in [0.25, 0.3) is 0 Å². The lowest BCUT2D eigenvalue weighted by Crippen LogP contribution is -2.21. The van der Waals surface area contributed by atoms with Gasteiger partial charge in [0, 0.05) is 16.7 Å². The Morgan fingerprint density at radius 3 is 2.71 bits per heavy atom. The van der Waals surface area contributed by atoms with Crippen LogP contribution in [0.25, 0.3) is 0 Å². The highest BCUT2D eigenvalue weighted by molar-refractivity contribution is 7.99. The summed E-state index contributed by atoms with van der Waals surface area (Å²) in [6.45, 7) is 6.41. The van der Waals surface area contributed by atoms with Gasteiger partial charge < -0.3 is 5.73 Å². The minimum Gasteiger partial charge on any atom is -0.327 e. The van der Waals surface area contributed by atoms with E-state index in [0.29, 0.717) is 6.04 Å². The summed E-state index contributed by atoms with van der Waals surface area (Å²) in [5, 5.41) is 0. The molecule has 0 spiro atoms. The number of nitrogens with two attached hydrogens (primary N) is 1. The lowest BCUT2D eigenvalue weighted by molar-refractivity contribution is 0.725. The van der Waals surface area contributed by atoms with Crippen LogP contribution >= 0.6 is 11.8 Å². The third kappa shape index (κ3) is 3.35. The first-order valence-electron chi connectivity index (χ1n) is 5.09. The highest BCUT2D eigenvalue weighted by atomic mass is 32.2. The van der Waals surface area contributed by atoms with Crippen molar-refractivity contribution in [2.45, 2.75) is 38.1 Å². The quantitative estimate of drug-likeness (QED) is 0.771. The van der Waals surface area contributed by atoms with E-state index in [9.17, 15) is 0 Å². The monoisotopic (exact) mass is 209 g/mol. The summed E-state index contributed by atoms with van der Waals surface area (Å²) >= 11 is 1.87. The van der Waals surface area contributed by atoms with Crippen LogP contribution in [0.4, 0.5) is 0 Å². The van der Waals surface area contributed by atoms with E-state index in [-0.39, 0.29) is 0 Å². The van der Waals surface area contributed by atoms with E-state index < -0.39 is 0 Å². The molecule has 0 fully saturated rings. The number of hydrogen-bond donors (Lipinski definition) is 1. The van der Waals surface area contributed by atoms with Gasteiger partial charge in [-0.1, -0.05) is 24.6 Å². The molecule has 0 aliphatic heterocycles. The minimum absolute atomic E-state index is 0.319. The SMILES string of the molecule is CCC(N)CSc1cc(C)ccc1C. The van der Waals surface area contributed by atoms with Crippen molar-refractivity contribution in [2.75, 3.05) is 5.75 Å². The van der Waals surface area contributed by atoms with Crippen molar-refractivity contribution in [2.24, 2.45) is 5.73 Å². The van der Waals surface area contributed by atoms with Crippen molar-refractivity contribution in [3.63, 3.8) is 0 Å². The van der Waals surface area contributed by atoms with E-state index in [2.05, 4.69) is 39.0 Å². The fourth-order valence-corrected chi connectivity index (χ4v) is 2.37. The van der Waals surface area contributed by atoms with Crippen molar-refractivity contribution in [3.8, 4) is 0 Å². The molecule has 0 saturated carbocycles. The summed E-state index contributed by atoms with van der Waals surface area (Å²) in [5.41, 5.74) is 8.56. The standard InChI is InChI=1S/C12H19NS/c1-4-11(13)8-14-12-7-9(2)5-6-10(12)3/h5-7,11H,4,8,13H2,1-3H3. The normalized spacial score (nSPS) is 12.9. The Hall–Kier alpha value is -0.470. The number of aryl methyl sites for hydroxylation is 2. The van der Waals surface area contributed by atoms with E-state index in [1.54, 1.807) is 0 Å². The highest BCUT2D eigenvalue weighted by Crippen LogP contribution is 2.24. The fraction of sp³-hybridized carbons (Fsp3) is 0.500. The highest BCUT2D eigenvalue weighted by Gasteiger charge is 2.03. The first-order valence-corrected chi connectivity index (χ1v) is 6.07. The summed E-state index contributed by atoms with van der Waals surface area (Å²) in [6.07, 6.45) is 1.05. The number of hydrogen-bond acceptors (Lipinski definition) is 2. The smallest absolute Gasteiger partial charge is 0.0132 e. The Balaban J connectivity index is 2.62. The topological polar surface area (TPSA) is 26.0 Å². The molecule has 0 heterocycles. The Morgan fingerprint density at radius 2 is 2.07 bits per heavy atom. The maximum atomic E-state index is 5.89. The maximum Gasteiger partial charge on any atom is 0.0132 e. The molecule has 1 atom stereocenters. The summed E-state index contributed by atoms with van der Waals surface area (Å²) < 4.78 is 0. The zero-order chi connectivity index (χ0) is 10.6. The summed E-state index contributed by atoms with van der Waals surface area (Å²) in [5.74, 6) is 1.01. The van der Waals surface area contributed by atoms with Crippen LogP contribution in [0.1, 0.15) is 24.5 Å². The van der Waals surface area contributed by atoms with Gasteiger partial charge in [0.15, 0.2) is 0 Å². The Morgan fingerprint density at radius 1 is 1.36 bits per heavy atom. The van der Waals surface area contributed by atoms with E-state index in [4.69, 9.17) is 5.73 Å². The van der Waals surface area contributed by atoms with Crippen LogP contribution in [0.15, 0.2) is 23.1 Å². The molecule has 2 N–H and O–H groups in total. The maximum absolute atomic E-state index is 5.89. The molecule has 1 aromatic rings. The summed E-state index contributed by atoms with van der Waals surface area (Å²) in [7, 11) is 0. The molecule has 0 aromatic heterocycles. The average molecular weight is 209 g/mol. The van der Waals surface area contributed by atoms with Crippen molar-refractivity contribution < 1.29 is 0 Å². The van der Waals surface area contributed by atoms with Crippen molar-refractivity contribution in [3.05, 3.63) is 29.3 Å². The van der Waals surface area contributed by atoms with Gasteiger partial charge in [-0.15, -0.1) is 11.8 Å². The van der Waals surface area contributed by atoms with E-state index in [1.165, 1.54) is 16.0 Å². The van der Waals surface area contributed by atoms with Gasteiger partial charge in [-0.3, -0.25) is 0 Å². The van der Waals surface area contributed by atoms with Gasteiger partial charge in [-0.25, -0.2) is 0 Å². The first kappa shape index (κ1) is 11.6. The second kappa shape index (κ2) is 5.42. The number of rotatable bonds is 4. The molecule has 1 unspecified atom stereocenters. The Bertz CT molecular complexity index is 296. The third-order valence-corrected chi connectivity index (χ3v) is 3.67. The molecule has 78 valence electrons. The van der Waals surface area contributed by atoms with Crippen LogP contribution in [-0.2, 0) is 0 Å². The molecule has 0 radical (unpaired) electrons. The molecule has 0 amide bonds. The van der Waals surface area contributed by atoms with Gasteiger partial charge in [-0.2, -0.15) is 0 Å². The van der Waals surface area contributed by atoms with Gasteiger partial charge in [0.1, 0.15) is 0 Å². The molecular formula is C12H19NS. The van der Waals surface area contributed by atoms with Gasteiger partial charge >= 0.3 is 0 Å². The molecule has 0 saturated heterocycles. The van der Waals surface area contributed by atoms with Crippen LogP contribution in [-0.4, -0.2) is 11.8 Å². The van der Waals surface area contributed by atoms with Crippen LogP contribution in [0.3, 0.4) is 0 Å². The molecule has 0 aliphatic rings. The molecule has 1 aromatic carbocycles. The number of benzene rings is 1. The van der Waals surface area contributed by atoms with Crippen molar-refractivity contribution >= 4 is 11.8 Å². The summed E-state index contributed by atoms with van der Waals surface area (Å²) in [4.78, 5) is 1.37. The number of thioether (sulfide) groups is 1. The minimum atomic E-state index is 0.319. The molecule has 14 heavy (non-hydrogen) atoms. The van der Waals surface area contributed by atoms with Crippen LogP contribution < -0.4 is 5.73 Å². The molecule has 1 nitrogen and oxygen atoms in total.